The van der Waals surface area contributed by atoms with E-state index in [0.717, 1.165) is 70.9 Å². The van der Waals surface area contributed by atoms with E-state index in [2.05, 4.69) is 108 Å². The lowest BCUT2D eigenvalue weighted by Gasteiger charge is -2.30. The first-order valence-electron chi connectivity index (χ1n) is 25.2. The molecule has 4 heterocycles. The summed E-state index contributed by atoms with van der Waals surface area (Å²) >= 11 is 0. The van der Waals surface area contributed by atoms with Crippen LogP contribution in [0.1, 0.15) is 117 Å². The summed E-state index contributed by atoms with van der Waals surface area (Å²) in [5.74, 6) is 1.19. The van der Waals surface area contributed by atoms with Gasteiger partial charge < -0.3 is 34.6 Å². The van der Waals surface area contributed by atoms with E-state index in [-0.39, 0.29) is 53.5 Å². The van der Waals surface area contributed by atoms with Crippen molar-refractivity contribution in [3.05, 3.63) is 149 Å². The van der Waals surface area contributed by atoms with E-state index in [9.17, 15) is 19.2 Å². The van der Waals surface area contributed by atoms with Gasteiger partial charge >= 0.3 is 12.2 Å². The first-order chi connectivity index (χ1) is 34.4. The Morgan fingerprint density at radius 2 is 0.986 bits per heavy atom. The number of nitrogens with one attached hydrogen (secondary N) is 2. The number of allylic oxidation sites excluding steroid dienone is 2. The van der Waals surface area contributed by atoms with Gasteiger partial charge in [0, 0.05) is 37.4 Å². The lowest BCUT2D eigenvalue weighted by atomic mass is 10.0. The van der Waals surface area contributed by atoms with E-state index in [4.69, 9.17) is 24.2 Å². The highest BCUT2D eigenvalue weighted by atomic mass is 16.5. The predicted molar refractivity (Wildman–Crippen MR) is 276 cm³/mol. The number of amides is 4. The number of aliphatic imine (C=N–C) groups is 2. The molecule has 9 rings (SSSR count). The second kappa shape index (κ2) is 21.5. The van der Waals surface area contributed by atoms with Gasteiger partial charge in [0.1, 0.15) is 24.4 Å². The summed E-state index contributed by atoms with van der Waals surface area (Å²) in [4.78, 5) is 65.9. The summed E-state index contributed by atoms with van der Waals surface area (Å²) in [6, 6.07) is 34.9. The van der Waals surface area contributed by atoms with Crippen molar-refractivity contribution in [3.8, 4) is 5.75 Å². The second-order valence-electron chi connectivity index (χ2n) is 20.1. The van der Waals surface area contributed by atoms with Crippen molar-refractivity contribution in [3.63, 3.8) is 0 Å². The number of nitrogens with zero attached hydrogens (tertiary/aromatic N) is 4. The van der Waals surface area contributed by atoms with E-state index in [1.165, 1.54) is 30.9 Å². The highest BCUT2D eigenvalue weighted by Crippen LogP contribution is 2.66. The molecule has 13 nitrogen and oxygen atoms in total. The van der Waals surface area contributed by atoms with E-state index >= 15 is 0 Å². The quantitative estimate of drug-likeness (QED) is 0.113. The van der Waals surface area contributed by atoms with Crippen LogP contribution in [0.4, 0.5) is 9.59 Å². The number of carbonyl (C=O) groups is 4. The maximum absolute atomic E-state index is 13.8. The third-order valence-corrected chi connectivity index (χ3v) is 14.9. The summed E-state index contributed by atoms with van der Waals surface area (Å²) in [6.45, 7) is 9.47. The molecule has 0 bridgehead atoms. The molecular formula is C58H66N6O7. The number of methoxy groups -OCH3 is 2. The molecule has 6 atom stereocenters. The highest BCUT2D eigenvalue weighted by Gasteiger charge is 2.52. The van der Waals surface area contributed by atoms with Crippen molar-refractivity contribution in [2.45, 2.75) is 115 Å². The fourth-order valence-corrected chi connectivity index (χ4v) is 11.0. The van der Waals surface area contributed by atoms with E-state index in [0.29, 0.717) is 32.5 Å². The van der Waals surface area contributed by atoms with Crippen molar-refractivity contribution in [1.82, 2.24) is 20.4 Å². The van der Waals surface area contributed by atoms with Gasteiger partial charge in [-0.05, 0) is 101 Å². The van der Waals surface area contributed by atoms with Crippen molar-refractivity contribution in [2.75, 3.05) is 27.3 Å². The van der Waals surface area contributed by atoms with Crippen LogP contribution >= 0.6 is 0 Å². The molecule has 71 heavy (non-hydrogen) atoms. The maximum Gasteiger partial charge on any atom is 0.407 e. The number of rotatable bonds is 16. The third kappa shape index (κ3) is 10.7. The molecule has 2 unspecified atom stereocenters. The van der Waals surface area contributed by atoms with Gasteiger partial charge in [-0.15, -0.1) is 0 Å². The molecule has 1 aliphatic carbocycles. The fourth-order valence-electron chi connectivity index (χ4n) is 11.0. The Morgan fingerprint density at radius 3 is 1.38 bits per heavy atom. The molecule has 370 valence electrons. The highest BCUT2D eigenvalue weighted by molar-refractivity contribution is 6.03. The fraction of sp³-hybridized carbons (Fsp3) is 0.414. The topological polar surface area (TPSA) is 151 Å². The minimum Gasteiger partial charge on any atom is -0.489 e. The Morgan fingerprint density at radius 1 is 0.577 bits per heavy atom. The van der Waals surface area contributed by atoms with Gasteiger partial charge in [-0.2, -0.15) is 0 Å². The Bertz CT molecular complexity index is 2570. The number of hydrogen-bond donors (Lipinski definition) is 2. The van der Waals surface area contributed by atoms with Crippen LogP contribution in [0.3, 0.4) is 0 Å². The van der Waals surface area contributed by atoms with Crippen molar-refractivity contribution < 1.29 is 33.4 Å². The van der Waals surface area contributed by atoms with Crippen LogP contribution in [0.2, 0.25) is 0 Å². The van der Waals surface area contributed by atoms with Gasteiger partial charge in [0.15, 0.2) is 0 Å². The summed E-state index contributed by atoms with van der Waals surface area (Å²) in [5, 5.41) is 5.49. The molecule has 13 heteroatoms. The van der Waals surface area contributed by atoms with E-state index in [1.807, 2.05) is 55.7 Å². The molecule has 2 N–H and O–H groups in total. The molecular weight excluding hydrogens is 893 g/mol. The minimum atomic E-state index is -0.673. The summed E-state index contributed by atoms with van der Waals surface area (Å²) in [5.41, 5.74) is 10.8. The molecule has 0 radical (unpaired) electrons. The van der Waals surface area contributed by atoms with Crippen LogP contribution in [0, 0.1) is 11.8 Å². The monoisotopic (exact) mass is 958 g/mol. The second-order valence-corrected chi connectivity index (χ2v) is 20.1. The molecule has 4 aromatic carbocycles. The summed E-state index contributed by atoms with van der Waals surface area (Å²) in [7, 11) is 2.62. The molecule has 4 aromatic rings. The maximum atomic E-state index is 13.8. The SMILES string of the molecule is COC(=O)N[C@H](C(=O)N1CCC[C@H]1C1=NC(c2ccc(C3C(c4ccc(OCc5ccccc5)cc4)C3c3ccc(C4=CCC([C@@H]5CCCN5C(=O)[C@@H](NC(=O)OC)C(C)C)=N4)cc3)cc2)=CC1)C(C)C. The molecule has 5 aliphatic rings. The number of benzene rings is 4. The number of carbonyl (C=O) groups excluding carboxylic acids is 4. The van der Waals surface area contributed by atoms with Gasteiger partial charge in [0.05, 0.1) is 37.7 Å². The van der Waals surface area contributed by atoms with Gasteiger partial charge in [-0.1, -0.05) is 131 Å². The molecule has 4 amide bonds. The first-order valence-corrected chi connectivity index (χ1v) is 25.2. The zero-order valence-corrected chi connectivity index (χ0v) is 41.7. The van der Waals surface area contributed by atoms with Gasteiger partial charge in [0.25, 0.3) is 0 Å². The van der Waals surface area contributed by atoms with Crippen LogP contribution in [-0.4, -0.2) is 96.7 Å². The molecule has 0 aromatic heterocycles. The average Bonchev–Trinajstić information content (AvgIpc) is 4.03. The van der Waals surface area contributed by atoms with Crippen molar-refractivity contribution in [1.29, 1.82) is 0 Å². The summed E-state index contributed by atoms with van der Waals surface area (Å²) in [6.07, 6.45) is 7.89. The smallest absolute Gasteiger partial charge is 0.407 e. The molecule has 3 fully saturated rings. The van der Waals surface area contributed by atoms with Crippen LogP contribution < -0.4 is 15.4 Å². The Hall–Kier alpha value is -7.02. The number of ether oxygens (including phenoxy) is 3. The molecule has 4 aliphatic heterocycles. The lowest BCUT2D eigenvalue weighted by molar-refractivity contribution is -0.134. The Labute approximate surface area is 417 Å². The van der Waals surface area contributed by atoms with E-state index < -0.39 is 24.3 Å². The van der Waals surface area contributed by atoms with Gasteiger partial charge in [-0.3, -0.25) is 19.6 Å². The van der Waals surface area contributed by atoms with Crippen molar-refractivity contribution in [2.24, 2.45) is 21.8 Å². The molecule has 2 saturated heterocycles. The van der Waals surface area contributed by atoms with E-state index in [1.54, 1.807) is 0 Å². The normalized spacial score (nSPS) is 22.3. The number of hydrogen-bond acceptors (Lipinski definition) is 9. The summed E-state index contributed by atoms with van der Waals surface area (Å²) < 4.78 is 15.8. The number of likely N-dealkylation sites (tertiary alicyclic amines) is 2. The Kier molecular flexibility index (Phi) is 14.9. The Balaban J connectivity index is 0.915. The molecule has 1 saturated carbocycles. The zero-order chi connectivity index (χ0) is 49.8. The van der Waals surface area contributed by atoms with Crippen LogP contribution in [-0.2, 0) is 25.7 Å². The first kappa shape index (κ1) is 49.0. The third-order valence-electron chi connectivity index (χ3n) is 14.9. The van der Waals surface area contributed by atoms with Crippen LogP contribution in [0.15, 0.2) is 125 Å². The van der Waals surface area contributed by atoms with Gasteiger partial charge in [-0.25, -0.2) is 9.59 Å². The molecule has 0 spiro atoms. The average molecular weight is 959 g/mol. The number of alkyl carbamates (subject to hydrolysis) is 2. The standard InChI is InChI=1S/C58H66N6O7/c1-35(2)53(61-57(67)69-5)55(65)63-32-10-14-48(63)46-30-28-44(59-46)38-16-20-40(21-17-38)50-51(52(50)42-24-26-43(27-25-42)71-34-37-12-8-7-9-13-37)41-22-18-39(19-23-41)45-29-31-47(60-45)49-15-11-33-64(49)56(66)54(36(3)4)62-58(68)70-6/h7-9,12-13,16-29,35-36,48-54H,10-11,14-15,30-34H2,1-6H3,(H,61,67)(H,62,68)/t48-,49-,50?,51?,52?,53-,54-/m0/s1. The lowest BCUT2D eigenvalue weighted by Crippen LogP contribution is -2.53. The largest absolute Gasteiger partial charge is 0.489 e. The van der Waals surface area contributed by atoms with Crippen LogP contribution in [0.25, 0.3) is 11.4 Å². The van der Waals surface area contributed by atoms with Crippen molar-refractivity contribution >= 4 is 46.8 Å². The predicted octanol–water partition coefficient (Wildman–Crippen LogP) is 10.0. The van der Waals surface area contributed by atoms with Crippen LogP contribution in [0.5, 0.6) is 5.75 Å². The zero-order valence-electron chi connectivity index (χ0n) is 41.7. The minimum absolute atomic E-state index is 0.0970. The van der Waals surface area contributed by atoms with Gasteiger partial charge in [0.2, 0.25) is 11.8 Å².